The maximum atomic E-state index is 10.2. The van der Waals surface area contributed by atoms with Crippen LogP contribution in [-0.2, 0) is 0 Å². The van der Waals surface area contributed by atoms with Crippen molar-refractivity contribution in [3.8, 4) is 5.75 Å². The standard InChI is InChI=1S/C17H18N2O/c1-19(2)17(12-7-4-3-5-8-12)13-11-18-14-9-6-10-15(20)16(13)14/h3-11,17-18,20H,1-2H3. The number of nitrogens with one attached hydrogen (secondary N) is 1. The van der Waals surface area contributed by atoms with E-state index in [4.69, 9.17) is 0 Å². The fourth-order valence-corrected chi connectivity index (χ4v) is 2.80. The van der Waals surface area contributed by atoms with Gasteiger partial charge < -0.3 is 10.1 Å². The monoisotopic (exact) mass is 266 g/mol. The molecule has 0 aliphatic carbocycles. The lowest BCUT2D eigenvalue weighted by molar-refractivity contribution is 0.343. The van der Waals surface area contributed by atoms with Gasteiger partial charge in [-0.3, -0.25) is 4.90 Å². The zero-order valence-electron chi connectivity index (χ0n) is 11.7. The Morgan fingerprint density at radius 3 is 2.45 bits per heavy atom. The van der Waals surface area contributed by atoms with Gasteiger partial charge in [-0.1, -0.05) is 36.4 Å². The van der Waals surface area contributed by atoms with Gasteiger partial charge >= 0.3 is 0 Å². The zero-order valence-corrected chi connectivity index (χ0v) is 11.7. The summed E-state index contributed by atoms with van der Waals surface area (Å²) in [5.41, 5.74) is 3.26. The van der Waals surface area contributed by atoms with E-state index in [0.717, 1.165) is 16.5 Å². The topological polar surface area (TPSA) is 39.3 Å². The molecule has 102 valence electrons. The van der Waals surface area contributed by atoms with Crippen molar-refractivity contribution in [2.75, 3.05) is 14.1 Å². The van der Waals surface area contributed by atoms with Crippen LogP contribution in [-0.4, -0.2) is 29.1 Å². The maximum Gasteiger partial charge on any atom is 0.125 e. The van der Waals surface area contributed by atoms with Crippen LogP contribution in [0.4, 0.5) is 0 Å². The smallest absolute Gasteiger partial charge is 0.125 e. The van der Waals surface area contributed by atoms with E-state index in [1.54, 1.807) is 6.07 Å². The molecule has 0 fully saturated rings. The second-order valence-electron chi connectivity index (χ2n) is 5.22. The maximum absolute atomic E-state index is 10.2. The number of phenols is 1. The number of hydrogen-bond acceptors (Lipinski definition) is 2. The molecule has 0 bridgehead atoms. The Hall–Kier alpha value is -2.26. The van der Waals surface area contributed by atoms with Crippen LogP contribution in [0.3, 0.4) is 0 Å². The van der Waals surface area contributed by atoms with Gasteiger partial charge in [-0.25, -0.2) is 0 Å². The van der Waals surface area contributed by atoms with Crippen LogP contribution in [0.5, 0.6) is 5.75 Å². The summed E-state index contributed by atoms with van der Waals surface area (Å²) in [5, 5.41) is 11.1. The number of rotatable bonds is 3. The summed E-state index contributed by atoms with van der Waals surface area (Å²) in [6.45, 7) is 0. The van der Waals surface area contributed by atoms with Gasteiger partial charge in [0, 0.05) is 22.7 Å². The number of aromatic amines is 1. The number of phenolic OH excluding ortho intramolecular Hbond substituents is 1. The quantitative estimate of drug-likeness (QED) is 0.761. The van der Waals surface area contributed by atoms with Crippen molar-refractivity contribution in [3.63, 3.8) is 0 Å². The number of aromatic nitrogens is 1. The van der Waals surface area contributed by atoms with Gasteiger partial charge in [-0.05, 0) is 31.8 Å². The van der Waals surface area contributed by atoms with Crippen LogP contribution in [0.2, 0.25) is 0 Å². The fourth-order valence-electron chi connectivity index (χ4n) is 2.80. The second kappa shape index (κ2) is 5.02. The minimum Gasteiger partial charge on any atom is -0.507 e. The van der Waals surface area contributed by atoms with E-state index in [-0.39, 0.29) is 6.04 Å². The predicted octanol–water partition coefficient (Wildman–Crippen LogP) is 3.52. The van der Waals surface area contributed by atoms with Crippen molar-refractivity contribution in [1.82, 2.24) is 9.88 Å². The third kappa shape index (κ3) is 2.06. The predicted molar refractivity (Wildman–Crippen MR) is 81.9 cm³/mol. The summed E-state index contributed by atoms with van der Waals surface area (Å²) in [4.78, 5) is 5.40. The molecule has 0 amide bonds. The van der Waals surface area contributed by atoms with E-state index >= 15 is 0 Å². The minimum atomic E-state index is 0.109. The molecule has 2 N–H and O–H groups in total. The van der Waals surface area contributed by atoms with Crippen molar-refractivity contribution in [3.05, 3.63) is 65.9 Å². The van der Waals surface area contributed by atoms with Crippen molar-refractivity contribution in [1.29, 1.82) is 0 Å². The first-order valence-electron chi connectivity index (χ1n) is 6.69. The Balaban J connectivity index is 2.21. The number of hydrogen-bond donors (Lipinski definition) is 2. The molecule has 0 radical (unpaired) electrons. The molecule has 3 aromatic rings. The summed E-state index contributed by atoms with van der Waals surface area (Å²) < 4.78 is 0. The molecule has 2 aromatic carbocycles. The van der Waals surface area contributed by atoms with Gasteiger partial charge in [0.2, 0.25) is 0 Å². The molecule has 0 saturated heterocycles. The molecule has 1 unspecified atom stereocenters. The highest BCUT2D eigenvalue weighted by atomic mass is 16.3. The van der Waals surface area contributed by atoms with E-state index in [0.29, 0.717) is 5.75 Å². The van der Waals surface area contributed by atoms with Crippen molar-refractivity contribution >= 4 is 10.9 Å². The molecule has 1 heterocycles. The molecule has 0 saturated carbocycles. The lowest BCUT2D eigenvalue weighted by Crippen LogP contribution is -2.20. The highest BCUT2D eigenvalue weighted by Gasteiger charge is 2.21. The Morgan fingerprint density at radius 2 is 1.75 bits per heavy atom. The molecule has 3 rings (SSSR count). The lowest BCUT2D eigenvalue weighted by atomic mass is 9.97. The molecule has 1 aromatic heterocycles. The summed E-state index contributed by atoms with van der Waals surface area (Å²) in [5.74, 6) is 0.321. The number of H-pyrrole nitrogens is 1. The van der Waals surface area contributed by atoms with Gasteiger partial charge in [0.25, 0.3) is 0 Å². The average molecular weight is 266 g/mol. The summed E-state index contributed by atoms with van der Waals surface area (Å²) in [6, 6.07) is 16.0. The molecule has 1 atom stereocenters. The Morgan fingerprint density at radius 1 is 1.00 bits per heavy atom. The molecule has 20 heavy (non-hydrogen) atoms. The van der Waals surface area contributed by atoms with Crippen LogP contribution >= 0.6 is 0 Å². The molecule has 3 heteroatoms. The lowest BCUT2D eigenvalue weighted by Gasteiger charge is -2.24. The molecule has 3 nitrogen and oxygen atoms in total. The molecule has 0 spiro atoms. The SMILES string of the molecule is CN(C)C(c1ccccc1)c1c[nH]c2cccc(O)c12. The third-order valence-electron chi connectivity index (χ3n) is 3.64. The molecule has 0 aliphatic heterocycles. The summed E-state index contributed by atoms with van der Waals surface area (Å²) in [7, 11) is 4.10. The van der Waals surface area contributed by atoms with Crippen LogP contribution in [0.15, 0.2) is 54.7 Å². The average Bonchev–Trinajstić information content (AvgIpc) is 2.85. The van der Waals surface area contributed by atoms with Crippen molar-refractivity contribution in [2.24, 2.45) is 0 Å². The van der Waals surface area contributed by atoms with Crippen LogP contribution in [0, 0.1) is 0 Å². The Kier molecular flexibility index (Phi) is 3.20. The van der Waals surface area contributed by atoms with E-state index < -0.39 is 0 Å². The van der Waals surface area contributed by atoms with Crippen molar-refractivity contribution < 1.29 is 5.11 Å². The highest BCUT2D eigenvalue weighted by Crippen LogP contribution is 2.36. The normalized spacial score (nSPS) is 12.9. The van der Waals surface area contributed by atoms with E-state index in [1.165, 1.54) is 5.56 Å². The van der Waals surface area contributed by atoms with E-state index in [1.807, 2.05) is 36.5 Å². The van der Waals surface area contributed by atoms with Gasteiger partial charge in [-0.2, -0.15) is 0 Å². The summed E-state index contributed by atoms with van der Waals surface area (Å²) >= 11 is 0. The van der Waals surface area contributed by atoms with E-state index in [9.17, 15) is 5.11 Å². The minimum absolute atomic E-state index is 0.109. The first-order chi connectivity index (χ1) is 9.68. The molecular weight excluding hydrogens is 248 g/mol. The number of fused-ring (bicyclic) bond motifs is 1. The third-order valence-corrected chi connectivity index (χ3v) is 3.64. The first-order valence-corrected chi connectivity index (χ1v) is 6.69. The summed E-state index contributed by atoms with van der Waals surface area (Å²) in [6.07, 6.45) is 1.99. The largest absolute Gasteiger partial charge is 0.507 e. The van der Waals surface area contributed by atoms with Crippen LogP contribution in [0.25, 0.3) is 10.9 Å². The number of aromatic hydroxyl groups is 1. The van der Waals surface area contributed by atoms with Crippen molar-refractivity contribution in [2.45, 2.75) is 6.04 Å². The number of benzene rings is 2. The van der Waals surface area contributed by atoms with Gasteiger partial charge in [-0.15, -0.1) is 0 Å². The fraction of sp³-hybridized carbons (Fsp3) is 0.176. The Labute approximate surface area is 118 Å². The van der Waals surface area contributed by atoms with Gasteiger partial charge in [0.05, 0.1) is 6.04 Å². The Bertz CT molecular complexity index is 716. The molecule has 0 aliphatic rings. The van der Waals surface area contributed by atoms with Crippen LogP contribution in [0.1, 0.15) is 17.2 Å². The second-order valence-corrected chi connectivity index (χ2v) is 5.22. The zero-order chi connectivity index (χ0) is 14.1. The molecular formula is C17H18N2O. The number of nitrogens with zero attached hydrogens (tertiary/aromatic N) is 1. The van der Waals surface area contributed by atoms with Gasteiger partial charge in [0.15, 0.2) is 0 Å². The van der Waals surface area contributed by atoms with Gasteiger partial charge in [0.1, 0.15) is 5.75 Å². The van der Waals surface area contributed by atoms with E-state index in [2.05, 4.69) is 36.1 Å². The van der Waals surface area contributed by atoms with Crippen LogP contribution < -0.4 is 0 Å². The highest BCUT2D eigenvalue weighted by molar-refractivity contribution is 5.89. The first kappa shape index (κ1) is 12.8.